The monoisotopic (exact) mass is 356 g/mol. The van der Waals surface area contributed by atoms with Crippen LogP contribution in [0.25, 0.3) is 0 Å². The first-order valence-corrected chi connectivity index (χ1v) is 9.91. The van der Waals surface area contributed by atoms with Gasteiger partial charge in [-0.15, -0.1) is 0 Å². The number of carbonyl (C=O) groups excluding carboxylic acids is 2. The standard InChI is InChI=1S/C20H28N4O2/c25-19-13-16(14-24(19)18-6-1-2-7-18)20(26)23-11-9-22(10-12-23)15-17-5-3-4-8-21-17/h3-5,8,16,18H,1-2,6-7,9-15H2/t16-/m0/s1. The van der Waals surface area contributed by atoms with E-state index in [2.05, 4.69) is 9.88 Å². The predicted molar refractivity (Wildman–Crippen MR) is 98.2 cm³/mol. The van der Waals surface area contributed by atoms with E-state index in [1.807, 2.05) is 34.2 Å². The van der Waals surface area contributed by atoms with Gasteiger partial charge in [-0.25, -0.2) is 0 Å². The lowest BCUT2D eigenvalue weighted by Crippen LogP contribution is -2.50. The average Bonchev–Trinajstić information content (AvgIpc) is 3.32. The Balaban J connectivity index is 1.28. The third-order valence-corrected chi connectivity index (χ3v) is 6.07. The molecule has 0 spiro atoms. The summed E-state index contributed by atoms with van der Waals surface area (Å²) in [6.45, 7) is 4.71. The van der Waals surface area contributed by atoms with Crippen LogP contribution in [0.4, 0.5) is 0 Å². The lowest BCUT2D eigenvalue weighted by Gasteiger charge is -2.35. The molecule has 0 unspecified atom stereocenters. The summed E-state index contributed by atoms with van der Waals surface area (Å²) < 4.78 is 0. The van der Waals surface area contributed by atoms with Gasteiger partial charge < -0.3 is 9.80 Å². The molecule has 0 bridgehead atoms. The van der Waals surface area contributed by atoms with Crippen molar-refractivity contribution in [2.45, 2.75) is 44.7 Å². The van der Waals surface area contributed by atoms with Crippen LogP contribution < -0.4 is 0 Å². The number of aromatic nitrogens is 1. The molecule has 6 nitrogen and oxygen atoms in total. The van der Waals surface area contributed by atoms with Gasteiger partial charge in [-0.2, -0.15) is 0 Å². The summed E-state index contributed by atoms with van der Waals surface area (Å²) in [5.74, 6) is 0.228. The molecule has 0 radical (unpaired) electrons. The molecule has 2 saturated heterocycles. The Kier molecular flexibility index (Phi) is 5.20. The zero-order valence-corrected chi connectivity index (χ0v) is 15.3. The van der Waals surface area contributed by atoms with Crippen molar-refractivity contribution >= 4 is 11.8 Å². The smallest absolute Gasteiger partial charge is 0.228 e. The summed E-state index contributed by atoms with van der Waals surface area (Å²) in [5.41, 5.74) is 1.07. The van der Waals surface area contributed by atoms with Crippen LogP contribution >= 0.6 is 0 Å². The number of likely N-dealkylation sites (tertiary alicyclic amines) is 1. The van der Waals surface area contributed by atoms with E-state index in [-0.39, 0.29) is 17.7 Å². The van der Waals surface area contributed by atoms with Crippen LogP contribution in [-0.2, 0) is 16.1 Å². The van der Waals surface area contributed by atoms with Crippen molar-refractivity contribution in [2.75, 3.05) is 32.7 Å². The van der Waals surface area contributed by atoms with Crippen molar-refractivity contribution in [3.05, 3.63) is 30.1 Å². The maximum Gasteiger partial charge on any atom is 0.228 e. The van der Waals surface area contributed by atoms with E-state index >= 15 is 0 Å². The fourth-order valence-electron chi connectivity index (χ4n) is 4.57. The van der Waals surface area contributed by atoms with Gasteiger partial charge in [0.25, 0.3) is 0 Å². The van der Waals surface area contributed by atoms with Gasteiger partial charge in [0, 0.05) is 57.9 Å². The van der Waals surface area contributed by atoms with E-state index in [0.717, 1.165) is 51.3 Å². The molecule has 1 aromatic rings. The molecule has 3 heterocycles. The minimum Gasteiger partial charge on any atom is -0.340 e. The Hall–Kier alpha value is -1.95. The molecule has 3 aliphatic rings. The lowest BCUT2D eigenvalue weighted by atomic mass is 10.1. The summed E-state index contributed by atoms with van der Waals surface area (Å²) in [6.07, 6.45) is 6.88. The quantitative estimate of drug-likeness (QED) is 0.821. The molecule has 1 aromatic heterocycles. The fraction of sp³-hybridized carbons (Fsp3) is 0.650. The molecule has 0 N–H and O–H groups in total. The van der Waals surface area contributed by atoms with E-state index in [4.69, 9.17) is 0 Å². The highest BCUT2D eigenvalue weighted by molar-refractivity contribution is 5.89. The maximum absolute atomic E-state index is 12.9. The number of amides is 2. The van der Waals surface area contributed by atoms with Crippen LogP contribution in [0, 0.1) is 5.92 Å². The predicted octanol–water partition coefficient (Wildman–Crippen LogP) is 1.52. The van der Waals surface area contributed by atoms with Crippen LogP contribution in [0.1, 0.15) is 37.8 Å². The van der Waals surface area contributed by atoms with Crippen molar-refractivity contribution in [1.29, 1.82) is 0 Å². The Morgan fingerprint density at radius 2 is 1.88 bits per heavy atom. The molecule has 140 valence electrons. The SMILES string of the molecule is O=C([C@H]1CC(=O)N(C2CCCC2)C1)N1CCN(Cc2ccccn2)CC1. The highest BCUT2D eigenvalue weighted by Gasteiger charge is 2.40. The zero-order chi connectivity index (χ0) is 17.9. The second-order valence-corrected chi connectivity index (χ2v) is 7.81. The second kappa shape index (κ2) is 7.74. The number of pyridine rings is 1. The van der Waals surface area contributed by atoms with E-state index in [0.29, 0.717) is 19.0 Å². The summed E-state index contributed by atoms with van der Waals surface area (Å²) in [5, 5.41) is 0. The first kappa shape index (κ1) is 17.5. The zero-order valence-electron chi connectivity index (χ0n) is 15.3. The molecule has 4 rings (SSSR count). The van der Waals surface area contributed by atoms with Crippen molar-refractivity contribution in [2.24, 2.45) is 5.92 Å². The fourth-order valence-corrected chi connectivity index (χ4v) is 4.57. The van der Waals surface area contributed by atoms with Crippen molar-refractivity contribution < 1.29 is 9.59 Å². The normalized spacial score (nSPS) is 25.2. The van der Waals surface area contributed by atoms with E-state index in [1.165, 1.54) is 12.8 Å². The van der Waals surface area contributed by atoms with Crippen molar-refractivity contribution in [3.8, 4) is 0 Å². The molecule has 1 atom stereocenters. The number of nitrogens with zero attached hydrogens (tertiary/aromatic N) is 4. The van der Waals surface area contributed by atoms with E-state index < -0.39 is 0 Å². The first-order chi connectivity index (χ1) is 12.7. The van der Waals surface area contributed by atoms with Gasteiger partial charge in [0.2, 0.25) is 11.8 Å². The lowest BCUT2D eigenvalue weighted by molar-refractivity contribution is -0.137. The van der Waals surface area contributed by atoms with Crippen LogP contribution in [0.5, 0.6) is 0 Å². The largest absolute Gasteiger partial charge is 0.340 e. The molecule has 26 heavy (non-hydrogen) atoms. The van der Waals surface area contributed by atoms with Crippen LogP contribution in [0.3, 0.4) is 0 Å². The Morgan fingerprint density at radius 3 is 2.58 bits per heavy atom. The molecule has 2 amide bonds. The summed E-state index contributed by atoms with van der Waals surface area (Å²) in [4.78, 5) is 35.9. The number of piperazine rings is 1. The van der Waals surface area contributed by atoms with Gasteiger partial charge in [0.05, 0.1) is 11.6 Å². The van der Waals surface area contributed by atoms with Gasteiger partial charge >= 0.3 is 0 Å². The molecule has 2 aliphatic heterocycles. The third kappa shape index (κ3) is 3.75. The summed E-state index contributed by atoms with van der Waals surface area (Å²) in [6, 6.07) is 6.36. The molecular formula is C20H28N4O2. The van der Waals surface area contributed by atoms with E-state index in [9.17, 15) is 9.59 Å². The maximum atomic E-state index is 12.9. The number of rotatable bonds is 4. The van der Waals surface area contributed by atoms with Gasteiger partial charge in [-0.3, -0.25) is 19.5 Å². The molecule has 1 saturated carbocycles. The minimum absolute atomic E-state index is 0.134. The Bertz CT molecular complexity index is 636. The number of hydrogen-bond donors (Lipinski definition) is 0. The van der Waals surface area contributed by atoms with Crippen LogP contribution in [-0.4, -0.2) is 70.3 Å². The summed E-state index contributed by atoms with van der Waals surface area (Å²) in [7, 11) is 0. The van der Waals surface area contributed by atoms with E-state index in [1.54, 1.807) is 0 Å². The van der Waals surface area contributed by atoms with Crippen LogP contribution in [0.2, 0.25) is 0 Å². The molecular weight excluding hydrogens is 328 g/mol. The molecule has 3 fully saturated rings. The number of hydrogen-bond acceptors (Lipinski definition) is 4. The second-order valence-electron chi connectivity index (χ2n) is 7.81. The first-order valence-electron chi connectivity index (χ1n) is 9.91. The summed E-state index contributed by atoms with van der Waals surface area (Å²) >= 11 is 0. The number of carbonyl (C=O) groups is 2. The topological polar surface area (TPSA) is 56.8 Å². The van der Waals surface area contributed by atoms with Crippen molar-refractivity contribution in [1.82, 2.24) is 19.7 Å². The van der Waals surface area contributed by atoms with Crippen molar-refractivity contribution in [3.63, 3.8) is 0 Å². The third-order valence-electron chi connectivity index (χ3n) is 6.07. The highest BCUT2D eigenvalue weighted by Crippen LogP contribution is 2.30. The average molecular weight is 356 g/mol. The van der Waals surface area contributed by atoms with Gasteiger partial charge in [0.1, 0.15) is 0 Å². The van der Waals surface area contributed by atoms with Gasteiger partial charge in [0.15, 0.2) is 0 Å². The Morgan fingerprint density at radius 1 is 1.12 bits per heavy atom. The molecule has 1 aliphatic carbocycles. The molecule has 6 heteroatoms. The van der Waals surface area contributed by atoms with Crippen LogP contribution in [0.15, 0.2) is 24.4 Å². The van der Waals surface area contributed by atoms with Gasteiger partial charge in [-0.1, -0.05) is 18.9 Å². The van der Waals surface area contributed by atoms with Gasteiger partial charge in [-0.05, 0) is 25.0 Å². The highest BCUT2D eigenvalue weighted by atomic mass is 16.2. The Labute approximate surface area is 155 Å². The molecule has 0 aromatic carbocycles. The minimum atomic E-state index is -0.134.